The molecular weight excluding hydrogens is 428 g/mol. The molecule has 3 N–H and O–H groups in total. The lowest BCUT2D eigenvalue weighted by Gasteiger charge is -2.23. The van der Waals surface area contributed by atoms with Crippen LogP contribution in [0.3, 0.4) is 0 Å². The molecule has 5 rings (SSSR count). The number of hydrogen-bond donors (Lipinski definition) is 3. The second-order valence-electron chi connectivity index (χ2n) is 9.60. The molecule has 0 fully saturated rings. The molecule has 0 amide bonds. The van der Waals surface area contributed by atoms with Crippen molar-refractivity contribution in [1.82, 2.24) is 20.2 Å². The first-order valence-electron chi connectivity index (χ1n) is 11.1. The molecule has 1 aliphatic heterocycles. The number of fused-ring (bicyclic) bond motifs is 2. The molecule has 1 aromatic carbocycles. The van der Waals surface area contributed by atoms with E-state index >= 15 is 0 Å². The Balaban J connectivity index is 1.42. The largest absolute Gasteiger partial charge is 0.389 e. The summed E-state index contributed by atoms with van der Waals surface area (Å²) in [5, 5.41) is 19.2. The van der Waals surface area contributed by atoms with E-state index in [0.29, 0.717) is 0 Å². The third kappa shape index (κ3) is 3.80. The molecule has 0 spiro atoms. The highest BCUT2D eigenvalue weighted by Gasteiger charge is 2.35. The second-order valence-corrected chi connectivity index (χ2v) is 11.5. The number of hydrazine groups is 1. The average Bonchev–Trinajstić information content (AvgIpc) is 3.47. The van der Waals surface area contributed by atoms with Gasteiger partial charge in [0.2, 0.25) is 15.0 Å². The smallest absolute Gasteiger partial charge is 0.243 e. The molecule has 172 valence electrons. The third-order valence-electron chi connectivity index (χ3n) is 6.35. The topological polar surface area (TPSA) is 112 Å². The van der Waals surface area contributed by atoms with Crippen LogP contribution in [0.1, 0.15) is 48.9 Å². The third-order valence-corrected chi connectivity index (χ3v) is 7.89. The van der Waals surface area contributed by atoms with E-state index in [9.17, 15) is 13.5 Å². The lowest BCUT2D eigenvalue weighted by molar-refractivity contribution is 0.0577. The van der Waals surface area contributed by atoms with Gasteiger partial charge in [0.05, 0.1) is 18.3 Å². The summed E-state index contributed by atoms with van der Waals surface area (Å²) in [5.41, 5.74) is 8.60. The SMILES string of the molecule is CN1NC(S(=O)(=O)c2cnn(CC(C)(C)O)c2)=NC1Nc1c2c(cc3c1CCC3)CCC2. The predicted molar refractivity (Wildman–Crippen MR) is 122 cm³/mol. The highest BCUT2D eigenvalue weighted by molar-refractivity contribution is 8.06. The molecule has 32 heavy (non-hydrogen) atoms. The first-order valence-corrected chi connectivity index (χ1v) is 12.6. The van der Waals surface area contributed by atoms with Gasteiger partial charge in [0, 0.05) is 18.9 Å². The quantitative estimate of drug-likeness (QED) is 0.624. The second kappa shape index (κ2) is 7.57. The standard InChI is InChI=1S/C22H30N6O3S/c1-22(2,29)13-28-12-16(11-23-28)32(30,31)21-25-20(27(3)26-21)24-19-17-8-4-6-14(17)10-15-7-5-9-18(15)19/h10-12,20,24,29H,4-9,13H2,1-3H3,(H,25,26). The monoisotopic (exact) mass is 458 g/mol. The number of hydrogen-bond acceptors (Lipinski definition) is 8. The lowest BCUT2D eigenvalue weighted by Crippen LogP contribution is -2.42. The van der Waals surface area contributed by atoms with Gasteiger partial charge in [-0.2, -0.15) is 10.1 Å². The van der Waals surface area contributed by atoms with Crippen LogP contribution in [0.5, 0.6) is 0 Å². The van der Waals surface area contributed by atoms with Gasteiger partial charge >= 0.3 is 0 Å². The van der Waals surface area contributed by atoms with Gasteiger partial charge < -0.3 is 10.4 Å². The average molecular weight is 459 g/mol. The normalized spacial score (nSPS) is 20.8. The van der Waals surface area contributed by atoms with Gasteiger partial charge in [-0.05, 0) is 74.6 Å². The summed E-state index contributed by atoms with van der Waals surface area (Å²) >= 11 is 0. The van der Waals surface area contributed by atoms with E-state index in [-0.39, 0.29) is 16.6 Å². The summed E-state index contributed by atoms with van der Waals surface area (Å²) in [6, 6.07) is 2.37. The summed E-state index contributed by atoms with van der Waals surface area (Å²) in [6.07, 6.45) is 8.81. The molecule has 3 aliphatic rings. The Morgan fingerprint density at radius 2 is 1.84 bits per heavy atom. The maximum Gasteiger partial charge on any atom is 0.243 e. The number of anilines is 1. The van der Waals surface area contributed by atoms with Crippen LogP contribution >= 0.6 is 0 Å². The Morgan fingerprint density at radius 3 is 2.47 bits per heavy atom. The Morgan fingerprint density at radius 1 is 1.19 bits per heavy atom. The Hall–Kier alpha value is -2.43. The molecule has 9 nitrogen and oxygen atoms in total. The molecule has 1 aromatic heterocycles. The molecule has 2 aliphatic carbocycles. The number of amidine groups is 1. The minimum atomic E-state index is -3.86. The molecule has 0 saturated heterocycles. The van der Waals surface area contributed by atoms with Crippen LogP contribution in [0.2, 0.25) is 0 Å². The van der Waals surface area contributed by atoms with Crippen molar-refractivity contribution in [3.63, 3.8) is 0 Å². The molecule has 1 unspecified atom stereocenters. The van der Waals surface area contributed by atoms with Gasteiger partial charge in [0.15, 0.2) is 6.29 Å². The van der Waals surface area contributed by atoms with Crippen LogP contribution in [0.4, 0.5) is 5.69 Å². The number of aryl methyl sites for hydroxylation is 2. The zero-order valence-corrected chi connectivity index (χ0v) is 19.5. The molecule has 2 aromatic rings. The summed E-state index contributed by atoms with van der Waals surface area (Å²) in [5.74, 6) is 0. The highest BCUT2D eigenvalue weighted by Crippen LogP contribution is 2.39. The number of rotatable bonds is 5. The van der Waals surface area contributed by atoms with E-state index in [1.165, 1.54) is 39.3 Å². The van der Waals surface area contributed by atoms with Crippen LogP contribution < -0.4 is 10.7 Å². The van der Waals surface area contributed by atoms with E-state index in [1.54, 1.807) is 25.9 Å². The van der Waals surface area contributed by atoms with Crippen molar-refractivity contribution in [1.29, 1.82) is 0 Å². The van der Waals surface area contributed by atoms with Crippen LogP contribution in [-0.4, -0.2) is 52.4 Å². The molecular formula is C22H30N6O3S. The van der Waals surface area contributed by atoms with Gasteiger partial charge in [-0.3, -0.25) is 10.1 Å². The van der Waals surface area contributed by atoms with Crippen molar-refractivity contribution >= 4 is 20.7 Å². The summed E-state index contributed by atoms with van der Waals surface area (Å²) in [7, 11) is -2.08. The predicted octanol–water partition coefficient (Wildman–Crippen LogP) is 1.61. The number of aromatic nitrogens is 2. The van der Waals surface area contributed by atoms with Crippen molar-refractivity contribution < 1.29 is 13.5 Å². The lowest BCUT2D eigenvalue weighted by atomic mass is 9.99. The zero-order valence-electron chi connectivity index (χ0n) is 18.7. The number of nitrogens with one attached hydrogen (secondary N) is 2. The fourth-order valence-corrected chi connectivity index (χ4v) is 6.07. The fraction of sp³-hybridized carbons (Fsp3) is 0.545. The van der Waals surface area contributed by atoms with Crippen LogP contribution in [0.15, 0.2) is 28.3 Å². The van der Waals surface area contributed by atoms with Crippen molar-refractivity contribution in [3.8, 4) is 0 Å². The Kier molecular flexibility index (Phi) is 5.06. The highest BCUT2D eigenvalue weighted by atomic mass is 32.2. The minimum Gasteiger partial charge on any atom is -0.389 e. The molecule has 10 heteroatoms. The molecule has 1 atom stereocenters. The van der Waals surface area contributed by atoms with E-state index in [4.69, 9.17) is 0 Å². The number of sulfone groups is 1. The fourth-order valence-electron chi connectivity index (χ4n) is 4.89. The summed E-state index contributed by atoms with van der Waals surface area (Å²) in [4.78, 5) is 4.54. The summed E-state index contributed by atoms with van der Waals surface area (Å²) in [6.45, 7) is 3.48. The van der Waals surface area contributed by atoms with Crippen LogP contribution in [-0.2, 0) is 42.1 Å². The number of benzene rings is 1. The molecule has 0 saturated carbocycles. The maximum absolute atomic E-state index is 13.2. The van der Waals surface area contributed by atoms with Crippen molar-refractivity contribution in [2.45, 2.75) is 75.7 Å². The van der Waals surface area contributed by atoms with Gasteiger partial charge in [0.25, 0.3) is 0 Å². The Bertz CT molecular complexity index is 1160. The van der Waals surface area contributed by atoms with Gasteiger partial charge in [-0.1, -0.05) is 6.07 Å². The zero-order chi connectivity index (χ0) is 22.7. The maximum atomic E-state index is 13.2. The molecule has 0 radical (unpaired) electrons. The van der Waals surface area contributed by atoms with Crippen LogP contribution in [0, 0.1) is 0 Å². The van der Waals surface area contributed by atoms with Gasteiger partial charge in [-0.25, -0.2) is 13.4 Å². The first kappa shape index (κ1) is 21.4. The van der Waals surface area contributed by atoms with Gasteiger partial charge in [-0.15, -0.1) is 0 Å². The van der Waals surface area contributed by atoms with E-state index < -0.39 is 21.7 Å². The van der Waals surface area contributed by atoms with Crippen LogP contribution in [0.25, 0.3) is 0 Å². The van der Waals surface area contributed by atoms with E-state index in [0.717, 1.165) is 44.2 Å². The number of aliphatic hydroxyl groups is 1. The van der Waals surface area contributed by atoms with E-state index in [1.807, 2.05) is 0 Å². The molecule has 2 heterocycles. The Labute approximate surface area is 188 Å². The number of nitrogens with zero attached hydrogens (tertiary/aromatic N) is 4. The molecule has 0 bridgehead atoms. The van der Waals surface area contributed by atoms with E-state index in [2.05, 4.69) is 26.9 Å². The minimum absolute atomic E-state index is 0.0449. The number of aliphatic imine (C=N–C) groups is 1. The van der Waals surface area contributed by atoms with Crippen molar-refractivity contribution in [2.24, 2.45) is 4.99 Å². The first-order chi connectivity index (χ1) is 15.1. The van der Waals surface area contributed by atoms with Crippen molar-refractivity contribution in [2.75, 3.05) is 12.4 Å². The van der Waals surface area contributed by atoms with Crippen molar-refractivity contribution in [3.05, 3.63) is 40.7 Å². The summed E-state index contributed by atoms with van der Waals surface area (Å²) < 4.78 is 27.8. The van der Waals surface area contributed by atoms with Gasteiger partial charge in [0.1, 0.15) is 4.90 Å².